The Bertz CT molecular complexity index is 782. The number of piperazine rings is 1. The Morgan fingerprint density at radius 3 is 2.46 bits per heavy atom. The molecule has 140 valence electrons. The number of halogens is 1. The quantitative estimate of drug-likeness (QED) is 0.851. The van der Waals surface area contributed by atoms with E-state index in [9.17, 15) is 4.39 Å². The lowest BCUT2D eigenvalue weighted by Gasteiger charge is -2.43. The summed E-state index contributed by atoms with van der Waals surface area (Å²) in [5, 5.41) is 0. The number of nitrogens with zero attached hydrogens (tertiary/aromatic N) is 5. The molecule has 0 bridgehead atoms. The van der Waals surface area contributed by atoms with Gasteiger partial charge in [0.2, 0.25) is 5.95 Å². The van der Waals surface area contributed by atoms with Gasteiger partial charge >= 0.3 is 0 Å². The van der Waals surface area contributed by atoms with Crippen LogP contribution in [0.1, 0.15) is 13.8 Å². The van der Waals surface area contributed by atoms with Crippen molar-refractivity contribution in [2.75, 3.05) is 49.8 Å². The van der Waals surface area contributed by atoms with Gasteiger partial charge < -0.3 is 15.5 Å². The van der Waals surface area contributed by atoms with E-state index >= 15 is 0 Å². The number of aromatic nitrogens is 2. The highest BCUT2D eigenvalue weighted by molar-refractivity contribution is 5.76. The van der Waals surface area contributed by atoms with Crippen LogP contribution in [0.25, 0.3) is 11.3 Å². The number of hydrogen-bond donors (Lipinski definition) is 1. The molecule has 0 unspecified atom stereocenters. The van der Waals surface area contributed by atoms with Crippen molar-refractivity contribution in [3.05, 3.63) is 30.2 Å². The van der Waals surface area contributed by atoms with Crippen molar-refractivity contribution in [3.8, 4) is 11.3 Å². The van der Waals surface area contributed by atoms with Gasteiger partial charge in [-0.1, -0.05) is 0 Å². The molecule has 0 saturated carbocycles. The summed E-state index contributed by atoms with van der Waals surface area (Å²) in [5.74, 6) is 0.211. The monoisotopic (exact) mass is 358 g/mol. The summed E-state index contributed by atoms with van der Waals surface area (Å²) in [6.07, 6.45) is 1.63. The van der Waals surface area contributed by atoms with Crippen molar-refractivity contribution in [2.45, 2.75) is 25.9 Å². The number of nitrogen functional groups attached to an aromatic ring is 1. The number of benzene rings is 1. The van der Waals surface area contributed by atoms with E-state index in [0.29, 0.717) is 35.0 Å². The zero-order valence-corrected chi connectivity index (χ0v) is 16.1. The molecular formula is C19H27FN6. The van der Waals surface area contributed by atoms with Crippen molar-refractivity contribution < 1.29 is 4.39 Å². The van der Waals surface area contributed by atoms with Gasteiger partial charge in [0.25, 0.3) is 0 Å². The molecule has 3 rings (SSSR count). The van der Waals surface area contributed by atoms with Crippen LogP contribution in [0.3, 0.4) is 0 Å². The van der Waals surface area contributed by atoms with Crippen LogP contribution in [0.2, 0.25) is 0 Å². The minimum atomic E-state index is -0.322. The molecule has 7 heteroatoms. The second-order valence-corrected chi connectivity index (χ2v) is 7.30. The Morgan fingerprint density at radius 2 is 1.85 bits per heavy atom. The molecule has 2 N–H and O–H groups in total. The van der Waals surface area contributed by atoms with E-state index in [1.807, 2.05) is 14.1 Å². The lowest BCUT2D eigenvalue weighted by atomic mass is 10.0. The molecule has 1 aromatic carbocycles. The summed E-state index contributed by atoms with van der Waals surface area (Å²) in [6.45, 7) is 5.99. The second-order valence-electron chi connectivity index (χ2n) is 7.30. The standard InChI is InChI=1S/C19H27FN6/c1-12-10-26(11-13(2)25(12)5)18-9-15(20)14(8-16(18)21)17-6-7-22-19(23-17)24(3)4/h6-9,12-13H,10-11,21H2,1-5H3/t12-,13+. The largest absolute Gasteiger partial charge is 0.397 e. The van der Waals surface area contributed by atoms with Gasteiger partial charge in [-0.2, -0.15) is 0 Å². The Labute approximate surface area is 154 Å². The Hall–Kier alpha value is -2.41. The van der Waals surface area contributed by atoms with Crippen LogP contribution in [0.5, 0.6) is 0 Å². The predicted molar refractivity (Wildman–Crippen MR) is 105 cm³/mol. The van der Waals surface area contributed by atoms with Crippen LogP contribution in [-0.2, 0) is 0 Å². The number of rotatable bonds is 3. The van der Waals surface area contributed by atoms with E-state index in [0.717, 1.165) is 18.8 Å². The number of likely N-dealkylation sites (N-methyl/N-ethyl adjacent to an activating group) is 1. The molecule has 0 aliphatic carbocycles. The lowest BCUT2D eigenvalue weighted by molar-refractivity contribution is 0.170. The van der Waals surface area contributed by atoms with E-state index < -0.39 is 0 Å². The van der Waals surface area contributed by atoms with Crippen molar-refractivity contribution >= 4 is 17.3 Å². The maximum Gasteiger partial charge on any atom is 0.225 e. The molecule has 2 aromatic rings. The number of hydrogen-bond acceptors (Lipinski definition) is 6. The normalized spacial score (nSPS) is 21.1. The highest BCUT2D eigenvalue weighted by Crippen LogP contribution is 2.33. The molecule has 0 amide bonds. The molecule has 1 aliphatic rings. The van der Waals surface area contributed by atoms with Gasteiger partial charge in [-0.15, -0.1) is 0 Å². The summed E-state index contributed by atoms with van der Waals surface area (Å²) in [5.41, 5.74) is 8.54. The number of anilines is 3. The molecule has 0 radical (unpaired) electrons. The van der Waals surface area contributed by atoms with E-state index in [4.69, 9.17) is 5.73 Å². The highest BCUT2D eigenvalue weighted by Gasteiger charge is 2.28. The highest BCUT2D eigenvalue weighted by atomic mass is 19.1. The summed E-state index contributed by atoms with van der Waals surface area (Å²) in [7, 11) is 5.82. The van der Waals surface area contributed by atoms with Crippen LogP contribution < -0.4 is 15.5 Å². The van der Waals surface area contributed by atoms with Gasteiger partial charge in [0.15, 0.2) is 0 Å². The fourth-order valence-corrected chi connectivity index (χ4v) is 3.36. The van der Waals surface area contributed by atoms with Crippen molar-refractivity contribution in [3.63, 3.8) is 0 Å². The molecule has 6 nitrogen and oxygen atoms in total. The molecule has 1 aliphatic heterocycles. The molecular weight excluding hydrogens is 331 g/mol. The van der Waals surface area contributed by atoms with E-state index in [1.54, 1.807) is 23.2 Å². The van der Waals surface area contributed by atoms with Gasteiger partial charge in [0.05, 0.1) is 17.1 Å². The Balaban J connectivity index is 1.95. The third-order valence-corrected chi connectivity index (χ3v) is 5.14. The van der Waals surface area contributed by atoms with Crippen molar-refractivity contribution in [1.82, 2.24) is 14.9 Å². The molecule has 1 aromatic heterocycles. The fourth-order valence-electron chi connectivity index (χ4n) is 3.36. The molecule has 0 spiro atoms. The van der Waals surface area contributed by atoms with Gasteiger partial charge in [0.1, 0.15) is 5.82 Å². The molecule has 1 fully saturated rings. The number of nitrogens with two attached hydrogens (primary N) is 1. The van der Waals surface area contributed by atoms with Crippen LogP contribution in [-0.4, -0.2) is 61.2 Å². The van der Waals surface area contributed by atoms with Crippen LogP contribution in [0.4, 0.5) is 21.7 Å². The first-order valence-electron chi connectivity index (χ1n) is 8.84. The van der Waals surface area contributed by atoms with Gasteiger partial charge in [0, 0.05) is 51.0 Å². The first kappa shape index (κ1) is 18.4. The van der Waals surface area contributed by atoms with Gasteiger partial charge in [-0.25, -0.2) is 14.4 Å². The zero-order valence-electron chi connectivity index (χ0n) is 16.1. The fraction of sp³-hybridized carbons (Fsp3) is 0.474. The predicted octanol–water partition coefficient (Wildman–Crippen LogP) is 2.46. The summed E-state index contributed by atoms with van der Waals surface area (Å²) >= 11 is 0. The summed E-state index contributed by atoms with van der Waals surface area (Å²) in [4.78, 5) is 14.9. The minimum Gasteiger partial charge on any atom is -0.397 e. The minimum absolute atomic E-state index is 0.322. The van der Waals surface area contributed by atoms with Crippen molar-refractivity contribution in [1.29, 1.82) is 0 Å². The molecule has 2 heterocycles. The average Bonchev–Trinajstić information content (AvgIpc) is 2.61. The molecule has 2 atom stereocenters. The Kier molecular flexibility index (Phi) is 5.00. The van der Waals surface area contributed by atoms with Crippen molar-refractivity contribution in [2.24, 2.45) is 0 Å². The van der Waals surface area contributed by atoms with Gasteiger partial charge in [-0.05, 0) is 39.1 Å². The smallest absolute Gasteiger partial charge is 0.225 e. The van der Waals surface area contributed by atoms with Gasteiger partial charge in [-0.3, -0.25) is 4.90 Å². The average molecular weight is 358 g/mol. The summed E-state index contributed by atoms with van der Waals surface area (Å²) in [6, 6.07) is 5.67. The van der Waals surface area contributed by atoms with E-state index in [-0.39, 0.29) is 5.82 Å². The molecule has 26 heavy (non-hydrogen) atoms. The Morgan fingerprint density at radius 1 is 1.19 bits per heavy atom. The lowest BCUT2D eigenvalue weighted by Crippen LogP contribution is -2.55. The first-order valence-corrected chi connectivity index (χ1v) is 8.84. The topological polar surface area (TPSA) is 61.5 Å². The third-order valence-electron chi connectivity index (χ3n) is 5.14. The first-order chi connectivity index (χ1) is 12.3. The van der Waals surface area contributed by atoms with Crippen LogP contribution in [0, 0.1) is 5.82 Å². The summed E-state index contributed by atoms with van der Waals surface area (Å²) < 4.78 is 14.9. The third kappa shape index (κ3) is 3.44. The van der Waals surface area contributed by atoms with Crippen LogP contribution >= 0.6 is 0 Å². The van der Waals surface area contributed by atoms with Crippen LogP contribution in [0.15, 0.2) is 24.4 Å². The van der Waals surface area contributed by atoms with E-state index in [2.05, 4.69) is 40.7 Å². The zero-order chi connectivity index (χ0) is 19.0. The van der Waals surface area contributed by atoms with E-state index in [1.165, 1.54) is 6.07 Å². The SMILES string of the molecule is C[C@@H]1CN(c2cc(F)c(-c3ccnc(N(C)C)n3)cc2N)C[C@H](C)N1C. The maximum absolute atomic E-state index is 14.9. The second kappa shape index (κ2) is 7.07. The molecule has 1 saturated heterocycles. The maximum atomic E-state index is 14.9.